The molecule has 1 heterocycles. The van der Waals surface area contributed by atoms with Gasteiger partial charge in [-0.1, -0.05) is 0 Å². The number of aromatic nitrogens is 3. The maximum Gasteiger partial charge on any atom is 0.240 e. The molecule has 24 heavy (non-hydrogen) atoms. The zero-order valence-electron chi connectivity index (χ0n) is 13.6. The highest BCUT2D eigenvalue weighted by Gasteiger charge is 2.13. The van der Waals surface area contributed by atoms with E-state index in [0.29, 0.717) is 18.1 Å². The Kier molecular flexibility index (Phi) is 8.13. The smallest absolute Gasteiger partial charge is 0.240 e. The second kappa shape index (κ2) is 9.58. The van der Waals surface area contributed by atoms with Gasteiger partial charge in [-0.15, -0.1) is 12.4 Å². The molecule has 0 bridgehead atoms. The van der Waals surface area contributed by atoms with Gasteiger partial charge in [0.1, 0.15) is 18.7 Å². The predicted octanol–water partition coefficient (Wildman–Crippen LogP) is 0.704. The Balaban J connectivity index is 0.00000288. The molecule has 0 spiro atoms. The van der Waals surface area contributed by atoms with Crippen molar-refractivity contribution >= 4 is 22.4 Å². The fourth-order valence-electron chi connectivity index (χ4n) is 1.87. The van der Waals surface area contributed by atoms with E-state index in [1.165, 1.54) is 18.5 Å². The van der Waals surface area contributed by atoms with E-state index in [9.17, 15) is 8.42 Å². The van der Waals surface area contributed by atoms with E-state index in [-0.39, 0.29) is 23.9 Å². The molecule has 0 saturated heterocycles. The van der Waals surface area contributed by atoms with E-state index in [1.807, 2.05) is 7.05 Å². The summed E-state index contributed by atoms with van der Waals surface area (Å²) in [6.07, 6.45) is 2.18. The van der Waals surface area contributed by atoms with Gasteiger partial charge < -0.3 is 10.1 Å². The minimum atomic E-state index is -3.48. The molecular weight excluding hydrogens is 354 g/mol. The lowest BCUT2D eigenvalue weighted by Gasteiger charge is -2.08. The summed E-state index contributed by atoms with van der Waals surface area (Å²) in [5.74, 6) is 1.26. The molecule has 8 nitrogen and oxygen atoms in total. The van der Waals surface area contributed by atoms with Crippen LogP contribution in [0.4, 0.5) is 0 Å². The fraction of sp³-hybridized carbons (Fsp3) is 0.429. The van der Waals surface area contributed by atoms with Crippen molar-refractivity contribution in [2.24, 2.45) is 7.05 Å². The van der Waals surface area contributed by atoms with Gasteiger partial charge in [-0.05, 0) is 44.3 Å². The molecule has 0 aliphatic carbocycles. The predicted molar refractivity (Wildman–Crippen MR) is 92.8 cm³/mol. The first-order valence-electron chi connectivity index (χ1n) is 7.23. The Bertz CT molecular complexity index is 718. The lowest BCUT2D eigenvalue weighted by molar-refractivity contribution is 0.289. The average molecular weight is 376 g/mol. The van der Waals surface area contributed by atoms with E-state index in [4.69, 9.17) is 4.74 Å². The second-order valence-corrected chi connectivity index (χ2v) is 6.68. The highest BCUT2D eigenvalue weighted by Crippen LogP contribution is 2.16. The number of halogens is 1. The first-order chi connectivity index (χ1) is 11.0. The summed E-state index contributed by atoms with van der Waals surface area (Å²) in [5.41, 5.74) is 0. The number of nitrogens with one attached hydrogen (secondary N) is 2. The van der Waals surface area contributed by atoms with Crippen LogP contribution in [-0.4, -0.2) is 43.3 Å². The van der Waals surface area contributed by atoms with Gasteiger partial charge in [0, 0.05) is 13.6 Å². The van der Waals surface area contributed by atoms with E-state index in [2.05, 4.69) is 20.1 Å². The number of hydrogen-bond donors (Lipinski definition) is 2. The quantitative estimate of drug-likeness (QED) is 0.626. The van der Waals surface area contributed by atoms with Crippen LogP contribution in [0, 0.1) is 0 Å². The topological polar surface area (TPSA) is 98.1 Å². The molecule has 0 fully saturated rings. The molecule has 10 heteroatoms. The second-order valence-electron chi connectivity index (χ2n) is 4.91. The molecule has 2 N–H and O–H groups in total. The molecule has 0 aliphatic heterocycles. The van der Waals surface area contributed by atoms with Crippen molar-refractivity contribution in [1.82, 2.24) is 24.8 Å². The van der Waals surface area contributed by atoms with E-state index < -0.39 is 10.0 Å². The van der Waals surface area contributed by atoms with Crippen LogP contribution in [-0.2, 0) is 23.7 Å². The van der Waals surface area contributed by atoms with Crippen LogP contribution >= 0.6 is 12.4 Å². The van der Waals surface area contributed by atoms with Crippen molar-refractivity contribution in [3.05, 3.63) is 36.4 Å². The monoisotopic (exact) mass is 375 g/mol. The van der Waals surface area contributed by atoms with Gasteiger partial charge in [-0.25, -0.2) is 18.1 Å². The summed E-state index contributed by atoms with van der Waals surface area (Å²) in [6, 6.07) is 6.29. The summed E-state index contributed by atoms with van der Waals surface area (Å²) in [7, 11) is 0.124. The molecule has 134 valence electrons. The fourth-order valence-corrected chi connectivity index (χ4v) is 2.94. The van der Waals surface area contributed by atoms with Gasteiger partial charge >= 0.3 is 0 Å². The van der Waals surface area contributed by atoms with E-state index in [0.717, 1.165) is 13.0 Å². The molecule has 1 aromatic carbocycles. The summed E-state index contributed by atoms with van der Waals surface area (Å²) in [6.45, 7) is 1.43. The lowest BCUT2D eigenvalue weighted by atomic mass is 10.3. The molecule has 0 amide bonds. The summed E-state index contributed by atoms with van der Waals surface area (Å²) in [4.78, 5) is 4.27. The Morgan fingerprint density at radius 3 is 2.50 bits per heavy atom. The minimum absolute atomic E-state index is 0. The first-order valence-corrected chi connectivity index (χ1v) is 8.71. The summed E-state index contributed by atoms with van der Waals surface area (Å²) >= 11 is 0. The normalized spacial score (nSPS) is 11.1. The highest BCUT2D eigenvalue weighted by atomic mass is 35.5. The van der Waals surface area contributed by atoms with Crippen LogP contribution in [0.2, 0.25) is 0 Å². The van der Waals surface area contributed by atoms with Crippen molar-refractivity contribution in [3.63, 3.8) is 0 Å². The first kappa shape index (κ1) is 20.4. The maximum atomic E-state index is 12.1. The SMILES string of the molecule is CNCCCNS(=O)(=O)c1ccc(OCc2ncnn2C)cc1.Cl. The van der Waals surface area contributed by atoms with Gasteiger partial charge in [-0.2, -0.15) is 5.10 Å². The molecule has 0 saturated carbocycles. The Labute approximate surface area is 148 Å². The third-order valence-corrected chi connectivity index (χ3v) is 4.68. The van der Waals surface area contributed by atoms with Crippen LogP contribution < -0.4 is 14.8 Å². The minimum Gasteiger partial charge on any atom is -0.486 e. The number of hydrogen-bond acceptors (Lipinski definition) is 6. The molecule has 0 radical (unpaired) electrons. The Hall–Kier alpha value is -1.68. The number of benzene rings is 1. The number of rotatable bonds is 9. The number of aryl methyl sites for hydroxylation is 1. The number of nitrogens with zero attached hydrogens (tertiary/aromatic N) is 3. The van der Waals surface area contributed by atoms with Crippen molar-refractivity contribution in [1.29, 1.82) is 0 Å². The summed E-state index contributed by atoms with van der Waals surface area (Å²) < 4.78 is 33.9. The van der Waals surface area contributed by atoms with E-state index in [1.54, 1.807) is 23.9 Å². The van der Waals surface area contributed by atoms with Crippen LogP contribution in [0.3, 0.4) is 0 Å². The molecule has 1 aromatic heterocycles. The van der Waals surface area contributed by atoms with Crippen molar-refractivity contribution < 1.29 is 13.2 Å². The molecule has 2 rings (SSSR count). The van der Waals surface area contributed by atoms with Crippen LogP contribution in [0.15, 0.2) is 35.5 Å². The zero-order chi connectivity index (χ0) is 16.7. The third kappa shape index (κ3) is 5.75. The molecule has 0 atom stereocenters. The molecular formula is C14H22ClN5O3S. The standard InChI is InChI=1S/C14H21N5O3S.ClH/c1-15-8-3-9-18-23(20,21)13-6-4-12(5-7-13)22-10-14-16-11-17-19(14)2;/h4-7,11,15,18H,3,8-10H2,1-2H3;1H. The third-order valence-electron chi connectivity index (χ3n) is 3.20. The zero-order valence-corrected chi connectivity index (χ0v) is 15.2. The average Bonchev–Trinajstić information content (AvgIpc) is 2.95. The number of ether oxygens (including phenoxy) is 1. The highest BCUT2D eigenvalue weighted by molar-refractivity contribution is 7.89. The van der Waals surface area contributed by atoms with Crippen molar-refractivity contribution in [3.8, 4) is 5.75 Å². The maximum absolute atomic E-state index is 12.1. The largest absolute Gasteiger partial charge is 0.486 e. The Morgan fingerprint density at radius 2 is 1.92 bits per heavy atom. The van der Waals surface area contributed by atoms with E-state index >= 15 is 0 Å². The van der Waals surface area contributed by atoms with Crippen molar-refractivity contribution in [2.75, 3.05) is 20.1 Å². The van der Waals surface area contributed by atoms with Crippen LogP contribution in [0.1, 0.15) is 12.2 Å². The van der Waals surface area contributed by atoms with Crippen LogP contribution in [0.5, 0.6) is 5.75 Å². The lowest BCUT2D eigenvalue weighted by Crippen LogP contribution is -2.26. The molecule has 0 aliphatic rings. The number of sulfonamides is 1. The van der Waals surface area contributed by atoms with Gasteiger partial charge in [0.2, 0.25) is 10.0 Å². The van der Waals surface area contributed by atoms with Gasteiger partial charge in [0.25, 0.3) is 0 Å². The molecule has 0 unspecified atom stereocenters. The summed E-state index contributed by atoms with van der Waals surface area (Å²) in [5, 5.41) is 6.92. The van der Waals surface area contributed by atoms with Crippen LogP contribution in [0.25, 0.3) is 0 Å². The van der Waals surface area contributed by atoms with Gasteiger partial charge in [0.05, 0.1) is 4.90 Å². The van der Waals surface area contributed by atoms with Gasteiger partial charge in [-0.3, -0.25) is 4.68 Å². The Morgan fingerprint density at radius 1 is 1.21 bits per heavy atom. The molecule has 2 aromatic rings. The van der Waals surface area contributed by atoms with Crippen molar-refractivity contribution in [2.45, 2.75) is 17.9 Å². The van der Waals surface area contributed by atoms with Gasteiger partial charge in [0.15, 0.2) is 5.82 Å².